The van der Waals surface area contributed by atoms with Gasteiger partial charge in [-0.1, -0.05) is 22.9 Å². The van der Waals surface area contributed by atoms with Gasteiger partial charge in [-0.05, 0) is 24.3 Å². The number of hydrogen-bond acceptors (Lipinski definition) is 2. The van der Waals surface area contributed by atoms with E-state index >= 15 is 0 Å². The fourth-order valence-electron chi connectivity index (χ4n) is 1.42. The van der Waals surface area contributed by atoms with Gasteiger partial charge < -0.3 is 10.0 Å². The molecule has 0 saturated carbocycles. The van der Waals surface area contributed by atoms with E-state index in [2.05, 4.69) is 15.9 Å². The Hall–Kier alpha value is -1.36. The number of benzene rings is 1. The highest BCUT2D eigenvalue weighted by atomic mass is 79.9. The van der Waals surface area contributed by atoms with Crippen LogP contribution in [0.1, 0.15) is 19.8 Å². The summed E-state index contributed by atoms with van der Waals surface area (Å²) in [6.07, 6.45) is 0.303. The van der Waals surface area contributed by atoms with E-state index in [1.165, 1.54) is 4.90 Å². The average molecular weight is 300 g/mol. The first-order chi connectivity index (χ1) is 8.04. The zero-order valence-electron chi connectivity index (χ0n) is 9.52. The second-order valence-corrected chi connectivity index (χ2v) is 4.43. The predicted molar refractivity (Wildman–Crippen MR) is 69.0 cm³/mol. The molecule has 0 atom stereocenters. The largest absolute Gasteiger partial charge is 0.481 e. The van der Waals surface area contributed by atoms with Gasteiger partial charge in [0.05, 0.1) is 6.42 Å². The molecule has 5 heteroatoms. The fourth-order valence-corrected chi connectivity index (χ4v) is 1.68. The molecule has 0 aliphatic heterocycles. The van der Waals surface area contributed by atoms with Crippen LogP contribution in [0, 0.1) is 0 Å². The lowest BCUT2D eigenvalue weighted by atomic mass is 10.2. The molecule has 1 rings (SSSR count). The van der Waals surface area contributed by atoms with E-state index < -0.39 is 5.97 Å². The van der Waals surface area contributed by atoms with Crippen molar-refractivity contribution in [2.45, 2.75) is 19.8 Å². The predicted octanol–water partition coefficient (Wildman–Crippen LogP) is 2.67. The van der Waals surface area contributed by atoms with Crippen LogP contribution in [0.3, 0.4) is 0 Å². The standard InChI is InChI=1S/C12H14BrNO3/c1-2-11(15)14(8-7-12(16)17)10-5-3-9(13)4-6-10/h3-6H,2,7-8H2,1H3,(H,16,17). The summed E-state index contributed by atoms with van der Waals surface area (Å²) in [6, 6.07) is 7.23. The summed E-state index contributed by atoms with van der Waals surface area (Å²) in [5.74, 6) is -0.982. The minimum Gasteiger partial charge on any atom is -0.481 e. The Bertz CT molecular complexity index is 403. The van der Waals surface area contributed by atoms with E-state index in [0.29, 0.717) is 6.42 Å². The highest BCUT2D eigenvalue weighted by molar-refractivity contribution is 9.10. The van der Waals surface area contributed by atoms with Crippen LogP contribution in [0.2, 0.25) is 0 Å². The number of nitrogens with zero attached hydrogens (tertiary/aromatic N) is 1. The SMILES string of the molecule is CCC(=O)N(CCC(=O)O)c1ccc(Br)cc1. The van der Waals surface area contributed by atoms with Crippen LogP contribution in [0.5, 0.6) is 0 Å². The van der Waals surface area contributed by atoms with Crippen molar-refractivity contribution in [1.82, 2.24) is 0 Å². The molecule has 0 bridgehead atoms. The van der Waals surface area contributed by atoms with Crippen molar-refractivity contribution in [3.63, 3.8) is 0 Å². The number of amides is 1. The third-order valence-electron chi connectivity index (χ3n) is 2.29. The number of aliphatic carboxylic acids is 1. The Morgan fingerprint density at radius 1 is 1.29 bits per heavy atom. The maximum absolute atomic E-state index is 11.7. The van der Waals surface area contributed by atoms with Gasteiger partial charge in [0.2, 0.25) is 5.91 Å². The zero-order chi connectivity index (χ0) is 12.8. The van der Waals surface area contributed by atoms with E-state index in [-0.39, 0.29) is 18.9 Å². The van der Waals surface area contributed by atoms with Crippen LogP contribution < -0.4 is 4.90 Å². The molecule has 0 fully saturated rings. The molecule has 0 spiro atoms. The lowest BCUT2D eigenvalue weighted by molar-refractivity contribution is -0.136. The van der Waals surface area contributed by atoms with Gasteiger partial charge in [0.15, 0.2) is 0 Å². The summed E-state index contributed by atoms with van der Waals surface area (Å²) < 4.78 is 0.920. The fraction of sp³-hybridized carbons (Fsp3) is 0.333. The van der Waals surface area contributed by atoms with E-state index in [4.69, 9.17) is 5.11 Å². The Morgan fingerprint density at radius 2 is 1.88 bits per heavy atom. The van der Waals surface area contributed by atoms with Crippen molar-refractivity contribution >= 4 is 33.5 Å². The van der Waals surface area contributed by atoms with Crippen LogP contribution in [0.25, 0.3) is 0 Å². The highest BCUT2D eigenvalue weighted by Crippen LogP contribution is 2.19. The molecule has 4 nitrogen and oxygen atoms in total. The third-order valence-corrected chi connectivity index (χ3v) is 2.82. The van der Waals surface area contributed by atoms with Gasteiger partial charge in [-0.3, -0.25) is 9.59 Å². The molecular weight excluding hydrogens is 286 g/mol. The van der Waals surface area contributed by atoms with Crippen molar-refractivity contribution < 1.29 is 14.7 Å². The zero-order valence-corrected chi connectivity index (χ0v) is 11.1. The van der Waals surface area contributed by atoms with Gasteiger partial charge in [-0.2, -0.15) is 0 Å². The van der Waals surface area contributed by atoms with Crippen LogP contribution >= 0.6 is 15.9 Å². The van der Waals surface area contributed by atoms with Crippen LogP contribution in [0.4, 0.5) is 5.69 Å². The van der Waals surface area contributed by atoms with Crippen molar-refractivity contribution in [2.75, 3.05) is 11.4 Å². The Kier molecular flexibility index (Phi) is 5.15. The van der Waals surface area contributed by atoms with Crippen molar-refractivity contribution in [1.29, 1.82) is 0 Å². The van der Waals surface area contributed by atoms with Crippen molar-refractivity contribution in [3.8, 4) is 0 Å². The van der Waals surface area contributed by atoms with Crippen LogP contribution in [-0.4, -0.2) is 23.5 Å². The lowest BCUT2D eigenvalue weighted by Gasteiger charge is -2.21. The van der Waals surface area contributed by atoms with Gasteiger partial charge >= 0.3 is 5.97 Å². The minimum atomic E-state index is -0.906. The van der Waals surface area contributed by atoms with Crippen LogP contribution in [0.15, 0.2) is 28.7 Å². The molecule has 1 aromatic rings. The monoisotopic (exact) mass is 299 g/mol. The third kappa shape index (κ3) is 4.19. The summed E-state index contributed by atoms with van der Waals surface area (Å²) in [7, 11) is 0. The molecule has 0 saturated heterocycles. The maximum atomic E-state index is 11.7. The van der Waals surface area contributed by atoms with Crippen LogP contribution in [-0.2, 0) is 9.59 Å². The van der Waals surface area contributed by atoms with E-state index in [1.807, 2.05) is 12.1 Å². The first kappa shape index (κ1) is 13.7. The topological polar surface area (TPSA) is 57.6 Å². The van der Waals surface area contributed by atoms with Gasteiger partial charge in [0.25, 0.3) is 0 Å². The Labute approximate surface area is 108 Å². The number of hydrogen-bond donors (Lipinski definition) is 1. The summed E-state index contributed by atoms with van der Waals surface area (Å²) in [5, 5.41) is 8.66. The number of halogens is 1. The van der Waals surface area contributed by atoms with E-state index in [9.17, 15) is 9.59 Å². The number of carboxylic acids is 1. The van der Waals surface area contributed by atoms with Gasteiger partial charge in [-0.25, -0.2) is 0 Å². The molecule has 0 aliphatic rings. The highest BCUT2D eigenvalue weighted by Gasteiger charge is 2.14. The smallest absolute Gasteiger partial charge is 0.305 e. The summed E-state index contributed by atoms with van der Waals surface area (Å²) in [5.41, 5.74) is 0.723. The van der Waals surface area contributed by atoms with Gasteiger partial charge in [-0.15, -0.1) is 0 Å². The second-order valence-electron chi connectivity index (χ2n) is 3.52. The summed E-state index contributed by atoms with van der Waals surface area (Å²) in [4.78, 5) is 23.8. The number of rotatable bonds is 5. The summed E-state index contributed by atoms with van der Waals surface area (Å²) >= 11 is 3.31. The number of anilines is 1. The average Bonchev–Trinajstić information content (AvgIpc) is 2.30. The molecule has 0 aromatic heterocycles. The molecule has 92 valence electrons. The molecule has 0 unspecified atom stereocenters. The quantitative estimate of drug-likeness (QED) is 0.909. The molecule has 17 heavy (non-hydrogen) atoms. The number of carboxylic acid groups (broad SMARTS) is 1. The molecule has 1 aromatic carbocycles. The second kappa shape index (κ2) is 6.39. The normalized spacial score (nSPS) is 10.0. The molecule has 1 amide bonds. The molecule has 0 radical (unpaired) electrons. The maximum Gasteiger partial charge on any atom is 0.305 e. The lowest BCUT2D eigenvalue weighted by Crippen LogP contribution is -2.32. The Balaban J connectivity index is 2.85. The first-order valence-corrected chi connectivity index (χ1v) is 6.11. The molecule has 0 heterocycles. The molecule has 0 aliphatic carbocycles. The van der Waals surface area contributed by atoms with Crippen molar-refractivity contribution in [3.05, 3.63) is 28.7 Å². The molecular formula is C12H14BrNO3. The van der Waals surface area contributed by atoms with E-state index in [0.717, 1.165) is 10.2 Å². The van der Waals surface area contributed by atoms with E-state index in [1.54, 1.807) is 19.1 Å². The Morgan fingerprint density at radius 3 is 2.35 bits per heavy atom. The van der Waals surface area contributed by atoms with Gasteiger partial charge in [0, 0.05) is 23.1 Å². The first-order valence-electron chi connectivity index (χ1n) is 5.32. The van der Waals surface area contributed by atoms with Crippen molar-refractivity contribution in [2.24, 2.45) is 0 Å². The minimum absolute atomic E-state index is 0.0538. The number of carbonyl (C=O) groups excluding carboxylic acids is 1. The summed E-state index contributed by atoms with van der Waals surface area (Å²) in [6.45, 7) is 1.96. The molecule has 1 N–H and O–H groups in total. The van der Waals surface area contributed by atoms with Gasteiger partial charge in [0.1, 0.15) is 0 Å². The number of carbonyl (C=O) groups is 2.